The summed E-state index contributed by atoms with van der Waals surface area (Å²) in [5, 5.41) is 5.70. The molecule has 0 spiro atoms. The van der Waals surface area contributed by atoms with Gasteiger partial charge in [-0.15, -0.1) is 0 Å². The van der Waals surface area contributed by atoms with Crippen LogP contribution in [0.3, 0.4) is 0 Å². The molecule has 4 amide bonds. The fraction of sp³-hybridized carbons (Fsp3) is 0.571. The lowest BCUT2D eigenvalue weighted by atomic mass is 10.1. The Bertz CT molecular complexity index is 761. The van der Waals surface area contributed by atoms with E-state index in [9.17, 15) is 14.4 Å². The van der Waals surface area contributed by atoms with Gasteiger partial charge in [0.25, 0.3) is 5.91 Å². The van der Waals surface area contributed by atoms with Crippen molar-refractivity contribution in [3.63, 3.8) is 0 Å². The van der Waals surface area contributed by atoms with Crippen LogP contribution in [0.4, 0.5) is 4.79 Å². The van der Waals surface area contributed by atoms with Gasteiger partial charge in [-0.3, -0.25) is 14.5 Å². The van der Waals surface area contributed by atoms with Crippen molar-refractivity contribution in [1.29, 1.82) is 0 Å². The molecule has 1 saturated heterocycles. The largest absolute Gasteiger partial charge is 0.493 e. The summed E-state index contributed by atoms with van der Waals surface area (Å²) >= 11 is 0. The molecule has 2 aliphatic rings. The minimum Gasteiger partial charge on any atom is -0.493 e. The average Bonchev–Trinajstić information content (AvgIpc) is 3.32. The van der Waals surface area contributed by atoms with Crippen molar-refractivity contribution in [3.8, 4) is 11.5 Å². The highest BCUT2D eigenvalue weighted by atomic mass is 16.5. The molecule has 8 nitrogen and oxygen atoms in total. The lowest BCUT2D eigenvalue weighted by Crippen LogP contribution is -2.36. The number of hydrogen-bond acceptors (Lipinski definition) is 5. The zero-order chi connectivity index (χ0) is 20.8. The average molecular weight is 403 g/mol. The summed E-state index contributed by atoms with van der Waals surface area (Å²) in [5.74, 6) is 0.905. The number of rotatable bonds is 9. The molecule has 1 aliphatic heterocycles. The second-order valence-electron chi connectivity index (χ2n) is 7.52. The summed E-state index contributed by atoms with van der Waals surface area (Å²) < 4.78 is 10.5. The summed E-state index contributed by atoms with van der Waals surface area (Å²) in [7, 11) is 3.13. The van der Waals surface area contributed by atoms with Crippen molar-refractivity contribution in [1.82, 2.24) is 15.5 Å². The molecule has 0 bridgehead atoms. The Kier molecular flexibility index (Phi) is 6.95. The van der Waals surface area contributed by atoms with E-state index in [-0.39, 0.29) is 30.8 Å². The van der Waals surface area contributed by atoms with Gasteiger partial charge in [-0.1, -0.05) is 18.9 Å². The maximum atomic E-state index is 12.6. The van der Waals surface area contributed by atoms with Crippen molar-refractivity contribution < 1.29 is 23.9 Å². The molecule has 8 heteroatoms. The van der Waals surface area contributed by atoms with Crippen LogP contribution >= 0.6 is 0 Å². The molecular formula is C21H29N3O5. The van der Waals surface area contributed by atoms with E-state index in [1.54, 1.807) is 20.3 Å². The van der Waals surface area contributed by atoms with E-state index in [0.29, 0.717) is 24.3 Å². The van der Waals surface area contributed by atoms with Crippen LogP contribution < -0.4 is 20.1 Å². The molecule has 1 atom stereocenters. The fourth-order valence-corrected chi connectivity index (χ4v) is 3.91. The molecule has 29 heavy (non-hydrogen) atoms. The Balaban J connectivity index is 1.49. The number of amides is 4. The van der Waals surface area contributed by atoms with E-state index >= 15 is 0 Å². The van der Waals surface area contributed by atoms with Gasteiger partial charge >= 0.3 is 6.03 Å². The monoisotopic (exact) mass is 403 g/mol. The first kappa shape index (κ1) is 21.0. The van der Waals surface area contributed by atoms with Crippen molar-refractivity contribution in [3.05, 3.63) is 23.8 Å². The molecule has 1 aromatic carbocycles. The molecule has 0 unspecified atom stereocenters. The van der Waals surface area contributed by atoms with Crippen LogP contribution in [-0.2, 0) is 16.0 Å². The van der Waals surface area contributed by atoms with Gasteiger partial charge in [0.1, 0.15) is 6.04 Å². The fourth-order valence-electron chi connectivity index (χ4n) is 3.91. The number of nitrogens with zero attached hydrogens (tertiary/aromatic N) is 1. The third-order valence-electron chi connectivity index (χ3n) is 5.56. The van der Waals surface area contributed by atoms with Crippen LogP contribution in [0.25, 0.3) is 0 Å². The van der Waals surface area contributed by atoms with E-state index in [0.717, 1.165) is 31.2 Å². The second-order valence-corrected chi connectivity index (χ2v) is 7.52. The summed E-state index contributed by atoms with van der Waals surface area (Å²) in [5.41, 5.74) is 0.933. The molecule has 2 N–H and O–H groups in total. The molecule has 3 rings (SSSR count). The summed E-state index contributed by atoms with van der Waals surface area (Å²) in [4.78, 5) is 38.1. The van der Waals surface area contributed by atoms with Crippen LogP contribution in [0.2, 0.25) is 0 Å². The van der Waals surface area contributed by atoms with Crippen LogP contribution in [0.1, 0.15) is 44.1 Å². The van der Waals surface area contributed by atoms with Crippen molar-refractivity contribution in [2.75, 3.05) is 20.8 Å². The summed E-state index contributed by atoms with van der Waals surface area (Å²) in [6.45, 7) is 0.269. The maximum Gasteiger partial charge on any atom is 0.324 e. The topological polar surface area (TPSA) is 97.0 Å². The molecule has 0 radical (unpaired) electrons. The van der Waals surface area contributed by atoms with Crippen molar-refractivity contribution >= 4 is 17.8 Å². The highest BCUT2D eigenvalue weighted by molar-refractivity contribution is 6.04. The Morgan fingerprint density at radius 3 is 2.59 bits per heavy atom. The van der Waals surface area contributed by atoms with Gasteiger partial charge in [0.15, 0.2) is 11.5 Å². The molecule has 1 aromatic rings. The van der Waals surface area contributed by atoms with Gasteiger partial charge in [0.2, 0.25) is 5.91 Å². The third-order valence-corrected chi connectivity index (χ3v) is 5.56. The number of ether oxygens (including phenoxy) is 2. The predicted octanol–water partition coefficient (Wildman–Crippen LogP) is 2.01. The van der Waals surface area contributed by atoms with E-state index in [2.05, 4.69) is 10.6 Å². The smallest absolute Gasteiger partial charge is 0.324 e. The first-order chi connectivity index (χ1) is 14.0. The van der Waals surface area contributed by atoms with Crippen LogP contribution in [0, 0.1) is 0 Å². The van der Waals surface area contributed by atoms with Crippen molar-refractivity contribution in [2.24, 2.45) is 0 Å². The Hall–Kier alpha value is -2.77. The van der Waals surface area contributed by atoms with Gasteiger partial charge in [-0.25, -0.2) is 4.79 Å². The maximum absolute atomic E-state index is 12.6. The standard InChI is InChI=1S/C21H29N3O5/c1-28-17-9-7-14(13-18(17)29-2)11-12-24-20(26)16(23-21(24)27)8-10-19(25)22-15-5-3-4-6-15/h7,9,13,15-16H,3-6,8,10-12H2,1-2H3,(H,22,25)(H,23,27)/t16-/m0/s1. The minimum absolute atomic E-state index is 0.0530. The zero-order valence-corrected chi connectivity index (χ0v) is 17.0. The first-order valence-corrected chi connectivity index (χ1v) is 10.1. The van der Waals surface area contributed by atoms with Gasteiger partial charge in [0.05, 0.1) is 14.2 Å². The third kappa shape index (κ3) is 5.19. The quantitative estimate of drug-likeness (QED) is 0.615. The van der Waals surface area contributed by atoms with Gasteiger partial charge < -0.3 is 20.1 Å². The second kappa shape index (κ2) is 9.62. The number of methoxy groups -OCH3 is 2. The Morgan fingerprint density at radius 2 is 1.90 bits per heavy atom. The molecule has 1 saturated carbocycles. The lowest BCUT2D eigenvalue weighted by Gasteiger charge is -2.15. The van der Waals surface area contributed by atoms with Crippen LogP contribution in [0.15, 0.2) is 18.2 Å². The molecule has 1 heterocycles. The number of carbonyl (C=O) groups is 3. The summed E-state index contributed by atoms with van der Waals surface area (Å²) in [6.07, 6.45) is 5.40. The van der Waals surface area contributed by atoms with Gasteiger partial charge in [-0.05, 0) is 43.4 Å². The zero-order valence-electron chi connectivity index (χ0n) is 17.0. The van der Waals surface area contributed by atoms with E-state index in [1.807, 2.05) is 12.1 Å². The predicted molar refractivity (Wildman–Crippen MR) is 107 cm³/mol. The van der Waals surface area contributed by atoms with Crippen molar-refractivity contribution in [2.45, 2.75) is 57.0 Å². The Morgan fingerprint density at radius 1 is 1.17 bits per heavy atom. The van der Waals surface area contributed by atoms with Gasteiger partial charge in [0, 0.05) is 19.0 Å². The number of urea groups is 1. The van der Waals surface area contributed by atoms with E-state index in [4.69, 9.17) is 9.47 Å². The lowest BCUT2D eigenvalue weighted by molar-refractivity contribution is -0.127. The van der Waals surface area contributed by atoms with Crippen LogP contribution in [0.5, 0.6) is 11.5 Å². The molecule has 0 aromatic heterocycles. The number of hydrogen-bond donors (Lipinski definition) is 2. The Labute approximate surface area is 170 Å². The molecular weight excluding hydrogens is 374 g/mol. The normalized spacial score (nSPS) is 19.4. The highest BCUT2D eigenvalue weighted by Gasteiger charge is 2.37. The number of imide groups is 1. The molecule has 1 aliphatic carbocycles. The van der Waals surface area contributed by atoms with E-state index < -0.39 is 12.1 Å². The molecule has 2 fully saturated rings. The number of nitrogens with one attached hydrogen (secondary N) is 2. The van der Waals surface area contributed by atoms with E-state index in [1.165, 1.54) is 4.90 Å². The number of carbonyl (C=O) groups excluding carboxylic acids is 3. The number of benzene rings is 1. The SMILES string of the molecule is COc1ccc(CCN2C(=O)N[C@@H](CCC(=O)NC3CCCC3)C2=O)cc1OC. The first-order valence-electron chi connectivity index (χ1n) is 10.1. The van der Waals surface area contributed by atoms with Gasteiger partial charge in [-0.2, -0.15) is 0 Å². The highest BCUT2D eigenvalue weighted by Crippen LogP contribution is 2.28. The summed E-state index contributed by atoms with van der Waals surface area (Å²) in [6, 6.07) is 4.73. The van der Waals surface area contributed by atoms with Crippen LogP contribution in [-0.4, -0.2) is 55.6 Å². The minimum atomic E-state index is -0.637. The molecule has 158 valence electrons.